The fourth-order valence-electron chi connectivity index (χ4n) is 1.25. The predicted molar refractivity (Wildman–Crippen MR) is 83.3 cm³/mol. The molecule has 0 amide bonds. The molecule has 0 spiro atoms. The van der Waals surface area contributed by atoms with Gasteiger partial charge in [0.25, 0.3) is 0 Å². The SMILES string of the molecule is C=C(C)C(=O)OC(C)C([CH2-])C[CH-]C[CH-]CC[CH2-].[Cl][Ti+4][Cl]. The summed E-state index contributed by atoms with van der Waals surface area (Å²) < 4.78 is 5.21. The average molecular weight is 355 g/mol. The average Bonchev–Trinajstić information content (AvgIpc) is 2.38. The van der Waals surface area contributed by atoms with Crippen molar-refractivity contribution in [3.05, 3.63) is 38.8 Å². The van der Waals surface area contributed by atoms with Crippen molar-refractivity contribution in [2.24, 2.45) is 5.92 Å². The minimum atomic E-state index is -0.556. The molecule has 0 aliphatic heterocycles. The number of rotatable bonds is 9. The van der Waals surface area contributed by atoms with Crippen LogP contribution in [0.4, 0.5) is 0 Å². The number of unbranched alkanes of at least 4 members (excludes halogenated alkanes) is 4. The van der Waals surface area contributed by atoms with Crippen molar-refractivity contribution < 1.29 is 26.6 Å². The van der Waals surface area contributed by atoms with Gasteiger partial charge in [-0.1, -0.05) is 6.58 Å². The third-order valence-corrected chi connectivity index (χ3v) is 2.52. The maximum absolute atomic E-state index is 11.3. The number of carbonyl (C=O) groups is 1. The molecule has 0 aliphatic carbocycles. The Kier molecular flexibility index (Phi) is 18.1. The Morgan fingerprint density at radius 1 is 1.45 bits per heavy atom. The van der Waals surface area contributed by atoms with Gasteiger partial charge < -0.3 is 37.8 Å². The maximum atomic E-state index is 11.3. The molecule has 0 saturated carbocycles. The van der Waals surface area contributed by atoms with Gasteiger partial charge in [-0.05, 0) is 13.8 Å². The molecule has 0 bridgehead atoms. The van der Waals surface area contributed by atoms with Crippen molar-refractivity contribution in [2.75, 3.05) is 0 Å². The Labute approximate surface area is 141 Å². The van der Waals surface area contributed by atoms with Gasteiger partial charge in [0.15, 0.2) is 0 Å². The second kappa shape index (κ2) is 15.9. The van der Waals surface area contributed by atoms with E-state index < -0.39 is 17.0 Å². The third kappa shape index (κ3) is 14.9. The molecule has 20 heavy (non-hydrogen) atoms. The molecule has 0 N–H and O–H groups in total. The molecule has 114 valence electrons. The number of hydrogen-bond acceptors (Lipinski definition) is 2. The molecule has 0 aromatic rings. The number of carbonyl (C=O) groups excluding carboxylic acids is 1. The normalized spacial score (nSPS) is 13.1. The first-order valence-corrected chi connectivity index (χ1v) is 10.8. The summed E-state index contributed by atoms with van der Waals surface area (Å²) in [6, 6.07) is 0. The summed E-state index contributed by atoms with van der Waals surface area (Å²) >= 11 is -0.556. The van der Waals surface area contributed by atoms with Gasteiger partial charge in [0, 0.05) is 5.57 Å². The zero-order valence-electron chi connectivity index (χ0n) is 12.3. The van der Waals surface area contributed by atoms with E-state index in [-0.39, 0.29) is 18.0 Å². The minimum absolute atomic E-state index is 0.0893. The van der Waals surface area contributed by atoms with Crippen LogP contribution in [0.15, 0.2) is 12.2 Å². The van der Waals surface area contributed by atoms with E-state index >= 15 is 0 Å². The number of halogens is 2. The molecule has 0 radical (unpaired) electrons. The van der Waals surface area contributed by atoms with Gasteiger partial charge in [-0.2, -0.15) is 5.92 Å². The van der Waals surface area contributed by atoms with E-state index in [1.807, 2.05) is 6.92 Å². The van der Waals surface area contributed by atoms with E-state index in [4.69, 9.17) is 23.3 Å². The van der Waals surface area contributed by atoms with Gasteiger partial charge in [-0.15, -0.1) is 0 Å². The van der Waals surface area contributed by atoms with Gasteiger partial charge in [0.2, 0.25) is 0 Å². The number of ether oxygens (including phenoxy) is 1. The Morgan fingerprint density at radius 2 is 2.00 bits per heavy atom. The van der Waals surface area contributed by atoms with E-state index in [0.717, 1.165) is 25.7 Å². The third-order valence-electron chi connectivity index (χ3n) is 2.52. The van der Waals surface area contributed by atoms with Gasteiger partial charge in [0.1, 0.15) is 0 Å². The van der Waals surface area contributed by atoms with E-state index in [9.17, 15) is 4.79 Å². The van der Waals surface area contributed by atoms with Crippen LogP contribution in [0.2, 0.25) is 0 Å². The molecule has 2 atom stereocenters. The summed E-state index contributed by atoms with van der Waals surface area (Å²) in [5, 5.41) is 0. The summed E-state index contributed by atoms with van der Waals surface area (Å²) in [5.41, 5.74) is 0.428. The Hall–Kier alpha value is 0.504. The monoisotopic (exact) mass is 354 g/mol. The second-order valence-electron chi connectivity index (χ2n) is 4.41. The molecule has 2 unspecified atom stereocenters. The van der Waals surface area contributed by atoms with Crippen molar-refractivity contribution in [3.63, 3.8) is 0 Å². The summed E-state index contributed by atoms with van der Waals surface area (Å²) in [4.78, 5) is 11.3. The van der Waals surface area contributed by atoms with Gasteiger partial charge in [0.05, 0.1) is 6.10 Å². The Bertz CT molecular complexity index is 260. The van der Waals surface area contributed by atoms with Crippen LogP contribution in [0.25, 0.3) is 0 Å². The van der Waals surface area contributed by atoms with Crippen LogP contribution >= 0.6 is 18.6 Å². The quantitative estimate of drug-likeness (QED) is 0.189. The molecule has 0 aliphatic rings. The van der Waals surface area contributed by atoms with Crippen LogP contribution in [0.5, 0.6) is 0 Å². The van der Waals surface area contributed by atoms with Crippen LogP contribution in [-0.2, 0) is 26.6 Å². The molecule has 0 fully saturated rings. The first kappa shape index (κ1) is 22.8. The molecule has 0 aromatic carbocycles. The summed E-state index contributed by atoms with van der Waals surface area (Å²) in [6.07, 6.45) is 7.97. The van der Waals surface area contributed by atoms with Crippen LogP contribution in [0.3, 0.4) is 0 Å². The van der Waals surface area contributed by atoms with Gasteiger partial charge in [-0.3, -0.25) is 0 Å². The fraction of sp³-hybridized carbons (Fsp3) is 0.533. The van der Waals surface area contributed by atoms with Crippen molar-refractivity contribution in [1.29, 1.82) is 0 Å². The Balaban J connectivity index is 0. The van der Waals surface area contributed by atoms with Crippen molar-refractivity contribution in [2.45, 2.75) is 45.6 Å². The molecule has 0 aromatic heterocycles. The number of hydrogen-bond donors (Lipinski definition) is 0. The summed E-state index contributed by atoms with van der Waals surface area (Å²) in [7, 11) is 9.78. The first-order valence-electron chi connectivity index (χ1n) is 6.49. The van der Waals surface area contributed by atoms with E-state index in [0.29, 0.717) is 5.57 Å². The fourth-order valence-corrected chi connectivity index (χ4v) is 1.25. The molecule has 0 rings (SSSR count). The zero-order valence-corrected chi connectivity index (χ0v) is 15.4. The van der Waals surface area contributed by atoms with E-state index in [2.05, 4.69) is 33.3 Å². The van der Waals surface area contributed by atoms with E-state index in [1.54, 1.807) is 6.92 Å². The molecule has 0 saturated heterocycles. The van der Waals surface area contributed by atoms with Crippen LogP contribution in [0, 0.1) is 32.6 Å². The number of esters is 1. The van der Waals surface area contributed by atoms with E-state index in [1.165, 1.54) is 0 Å². The molecule has 0 heterocycles. The van der Waals surface area contributed by atoms with Gasteiger partial charge >= 0.3 is 41.6 Å². The summed E-state index contributed by atoms with van der Waals surface area (Å²) in [6.45, 7) is 14.8. The van der Waals surface area contributed by atoms with Crippen LogP contribution in [-0.4, -0.2) is 12.1 Å². The zero-order chi connectivity index (χ0) is 16.0. The first-order chi connectivity index (χ1) is 9.40. The predicted octanol–water partition coefficient (Wildman–Crippen LogP) is 5.12. The molecular formula is C15H24Cl2O2Ti. The summed E-state index contributed by atoms with van der Waals surface area (Å²) in [5.74, 6) is -0.249. The van der Waals surface area contributed by atoms with Gasteiger partial charge in [-0.25, -0.2) is 24.1 Å². The topological polar surface area (TPSA) is 26.3 Å². The van der Waals surface area contributed by atoms with Crippen molar-refractivity contribution in [1.82, 2.24) is 0 Å². The standard InChI is InChI=1S/C15H24O2.2ClH.Ti/c1-6-7-8-9-10-11-13(4)14(5)17-15(16)12(2)3;;;/h8,10,13-14H,1-2,4,6-7,9,11H2,3,5H3;2*1H;/q-4;;;+6/p-2. The van der Waals surface area contributed by atoms with Crippen LogP contribution < -0.4 is 0 Å². The van der Waals surface area contributed by atoms with Crippen molar-refractivity contribution in [3.8, 4) is 0 Å². The molecular weight excluding hydrogens is 331 g/mol. The Morgan fingerprint density at radius 3 is 2.45 bits per heavy atom. The molecule has 2 nitrogen and oxygen atoms in total. The second-order valence-corrected chi connectivity index (χ2v) is 6.99. The van der Waals surface area contributed by atoms with Crippen LogP contribution in [0.1, 0.15) is 39.5 Å². The molecule has 5 heteroatoms. The van der Waals surface area contributed by atoms with Crippen molar-refractivity contribution >= 4 is 24.6 Å².